The molecule has 2 aromatic carbocycles. The van der Waals surface area contributed by atoms with E-state index in [2.05, 4.69) is 79.5 Å². The number of carbonyl (C=O) groups excluding carboxylic acids is 2. The molecule has 0 spiro atoms. The fraction of sp³-hybridized carbons (Fsp3) is 0.436. The fourth-order valence-corrected chi connectivity index (χ4v) is 6.29. The lowest BCUT2D eigenvalue weighted by Crippen LogP contribution is -2.31. The lowest BCUT2D eigenvalue weighted by molar-refractivity contribution is -0.118. The van der Waals surface area contributed by atoms with Gasteiger partial charge in [-0.15, -0.1) is 0 Å². The number of urea groups is 1. The normalized spacial score (nSPS) is 11.5. The Bertz CT molecular complexity index is 1750. The summed E-state index contributed by atoms with van der Waals surface area (Å²) in [5.41, 5.74) is 5.88. The molecule has 0 aliphatic carbocycles. The predicted octanol–water partition coefficient (Wildman–Crippen LogP) is 7.75. The van der Waals surface area contributed by atoms with E-state index >= 15 is 0 Å². The monoisotopic (exact) mass is 652 g/mol. The molecular weight excluding hydrogens is 600 g/mol. The van der Waals surface area contributed by atoms with Crippen LogP contribution in [-0.4, -0.2) is 52.6 Å². The number of amides is 3. The first kappa shape index (κ1) is 36.3. The standard InChI is InChI=1S/C39H52N6O3/c1-8-44(9-2)23-13-16-29-15-10-17-30(25-29)34-33-20-12-21-41-37(33)45(24-14-22-40-28(7)46)38(47)36(34)43-39(48)42-35-31(26(3)4)18-11-19-32(35)27(5)6/h10-12,15,17-21,25-27H,8-9,13-14,16,22-24H2,1-7H3,(H,40,46)(H2,42,43,48). The van der Waals surface area contributed by atoms with Crippen LogP contribution in [0.15, 0.2) is 65.6 Å². The van der Waals surface area contributed by atoms with Gasteiger partial charge < -0.3 is 20.9 Å². The smallest absolute Gasteiger partial charge is 0.323 e. The van der Waals surface area contributed by atoms with E-state index in [-0.39, 0.29) is 29.0 Å². The van der Waals surface area contributed by atoms with Crippen LogP contribution in [0.5, 0.6) is 0 Å². The summed E-state index contributed by atoms with van der Waals surface area (Å²) in [4.78, 5) is 46.9. The summed E-state index contributed by atoms with van der Waals surface area (Å²) in [6.07, 6.45) is 4.12. The van der Waals surface area contributed by atoms with E-state index in [4.69, 9.17) is 0 Å². The lowest BCUT2D eigenvalue weighted by atomic mass is 9.93. The highest BCUT2D eigenvalue weighted by Gasteiger charge is 2.23. The van der Waals surface area contributed by atoms with Crippen LogP contribution < -0.4 is 21.5 Å². The molecule has 256 valence electrons. The number of anilines is 2. The van der Waals surface area contributed by atoms with Crippen LogP contribution >= 0.6 is 0 Å². The Balaban J connectivity index is 1.82. The highest BCUT2D eigenvalue weighted by Crippen LogP contribution is 2.35. The van der Waals surface area contributed by atoms with Crippen molar-refractivity contribution in [3.8, 4) is 11.1 Å². The minimum atomic E-state index is -0.480. The van der Waals surface area contributed by atoms with E-state index in [0.29, 0.717) is 30.7 Å². The molecule has 9 nitrogen and oxygen atoms in total. The van der Waals surface area contributed by atoms with Gasteiger partial charge in [0.1, 0.15) is 11.3 Å². The predicted molar refractivity (Wildman–Crippen MR) is 198 cm³/mol. The zero-order valence-electron chi connectivity index (χ0n) is 29.7. The van der Waals surface area contributed by atoms with E-state index in [0.717, 1.165) is 60.2 Å². The summed E-state index contributed by atoms with van der Waals surface area (Å²) in [7, 11) is 0. The molecule has 0 fully saturated rings. The molecule has 0 aliphatic rings. The second kappa shape index (κ2) is 17.1. The van der Waals surface area contributed by atoms with Gasteiger partial charge in [-0.05, 0) is 85.1 Å². The van der Waals surface area contributed by atoms with Crippen molar-refractivity contribution < 1.29 is 9.59 Å². The molecule has 9 heteroatoms. The molecule has 0 bridgehead atoms. The summed E-state index contributed by atoms with van der Waals surface area (Å²) in [6, 6.07) is 17.7. The minimum Gasteiger partial charge on any atom is -0.356 e. The number of nitrogens with one attached hydrogen (secondary N) is 3. The van der Waals surface area contributed by atoms with Crippen LogP contribution in [0.3, 0.4) is 0 Å². The van der Waals surface area contributed by atoms with E-state index in [1.807, 2.05) is 42.5 Å². The molecule has 0 unspecified atom stereocenters. The van der Waals surface area contributed by atoms with E-state index in [9.17, 15) is 14.4 Å². The van der Waals surface area contributed by atoms with Crippen LogP contribution in [0, 0.1) is 0 Å². The Morgan fingerprint density at radius 3 is 2.19 bits per heavy atom. The second-order valence-electron chi connectivity index (χ2n) is 12.9. The number of nitrogens with zero attached hydrogens (tertiary/aromatic N) is 3. The number of aromatic nitrogens is 2. The van der Waals surface area contributed by atoms with Crippen molar-refractivity contribution in [2.24, 2.45) is 0 Å². The van der Waals surface area contributed by atoms with Gasteiger partial charge in [0.15, 0.2) is 0 Å². The second-order valence-corrected chi connectivity index (χ2v) is 12.9. The van der Waals surface area contributed by atoms with Gasteiger partial charge in [-0.2, -0.15) is 0 Å². The molecule has 4 rings (SSSR count). The summed E-state index contributed by atoms with van der Waals surface area (Å²) >= 11 is 0. The number of hydrogen-bond acceptors (Lipinski definition) is 5. The van der Waals surface area contributed by atoms with Crippen molar-refractivity contribution in [3.63, 3.8) is 0 Å². The quantitative estimate of drug-likeness (QED) is 0.114. The van der Waals surface area contributed by atoms with Gasteiger partial charge in [0, 0.05) is 42.8 Å². The Labute approximate surface area is 285 Å². The van der Waals surface area contributed by atoms with Crippen LogP contribution in [0.2, 0.25) is 0 Å². The number of pyridine rings is 2. The molecule has 2 aromatic heterocycles. The van der Waals surface area contributed by atoms with Gasteiger partial charge >= 0.3 is 6.03 Å². The average Bonchev–Trinajstić information content (AvgIpc) is 3.06. The van der Waals surface area contributed by atoms with Crippen LogP contribution in [0.25, 0.3) is 22.2 Å². The van der Waals surface area contributed by atoms with Crippen LogP contribution in [0.1, 0.15) is 89.8 Å². The summed E-state index contributed by atoms with van der Waals surface area (Å²) in [6.45, 7) is 18.0. The first-order valence-electron chi connectivity index (χ1n) is 17.3. The van der Waals surface area contributed by atoms with E-state index in [1.165, 1.54) is 12.5 Å². The molecule has 0 atom stereocenters. The maximum Gasteiger partial charge on any atom is 0.323 e. The number of rotatable bonds is 15. The molecule has 0 saturated carbocycles. The van der Waals surface area contributed by atoms with Gasteiger partial charge in [-0.1, -0.05) is 84.0 Å². The Morgan fingerprint density at radius 1 is 0.875 bits per heavy atom. The topological polar surface area (TPSA) is 108 Å². The van der Waals surface area contributed by atoms with Crippen molar-refractivity contribution in [3.05, 3.63) is 87.8 Å². The van der Waals surface area contributed by atoms with Crippen molar-refractivity contribution in [1.82, 2.24) is 19.8 Å². The number of para-hydroxylation sites is 1. The van der Waals surface area contributed by atoms with Gasteiger partial charge in [0.05, 0.1) is 0 Å². The summed E-state index contributed by atoms with van der Waals surface area (Å²) in [5.74, 6) is 0.248. The minimum absolute atomic E-state index is 0.126. The van der Waals surface area contributed by atoms with Crippen molar-refractivity contribution in [1.29, 1.82) is 0 Å². The van der Waals surface area contributed by atoms with Crippen molar-refractivity contribution >= 4 is 34.3 Å². The Hall–Kier alpha value is -4.50. The fourth-order valence-electron chi connectivity index (χ4n) is 6.29. The number of aryl methyl sites for hydroxylation is 2. The number of carbonyl (C=O) groups is 2. The zero-order chi connectivity index (χ0) is 34.8. The summed E-state index contributed by atoms with van der Waals surface area (Å²) < 4.78 is 1.60. The Morgan fingerprint density at radius 2 is 1.54 bits per heavy atom. The van der Waals surface area contributed by atoms with Crippen molar-refractivity contribution in [2.75, 3.05) is 36.8 Å². The maximum atomic E-state index is 14.4. The maximum absolute atomic E-state index is 14.4. The third-order valence-corrected chi connectivity index (χ3v) is 8.85. The number of fused-ring (bicyclic) bond motifs is 1. The lowest BCUT2D eigenvalue weighted by Gasteiger charge is -2.22. The highest BCUT2D eigenvalue weighted by atomic mass is 16.2. The first-order valence-corrected chi connectivity index (χ1v) is 17.3. The highest BCUT2D eigenvalue weighted by molar-refractivity contribution is 6.07. The van der Waals surface area contributed by atoms with Gasteiger partial charge in [0.2, 0.25) is 5.91 Å². The van der Waals surface area contributed by atoms with E-state index < -0.39 is 6.03 Å². The molecule has 2 heterocycles. The van der Waals surface area contributed by atoms with Gasteiger partial charge in [0.25, 0.3) is 5.56 Å². The molecule has 0 aliphatic heterocycles. The van der Waals surface area contributed by atoms with Crippen LogP contribution in [0.4, 0.5) is 16.2 Å². The number of hydrogen-bond donors (Lipinski definition) is 3. The summed E-state index contributed by atoms with van der Waals surface area (Å²) in [5, 5.41) is 9.69. The molecule has 0 radical (unpaired) electrons. The molecule has 3 amide bonds. The molecule has 4 aromatic rings. The molecule has 3 N–H and O–H groups in total. The molecular formula is C39H52N6O3. The first-order chi connectivity index (χ1) is 23.0. The zero-order valence-corrected chi connectivity index (χ0v) is 29.7. The molecule has 0 saturated heterocycles. The Kier molecular flexibility index (Phi) is 12.9. The van der Waals surface area contributed by atoms with Gasteiger partial charge in [-0.25, -0.2) is 9.78 Å². The third-order valence-electron chi connectivity index (χ3n) is 8.85. The average molecular weight is 653 g/mol. The SMILES string of the molecule is CCN(CC)CCCc1cccc(-c2c(NC(=O)Nc3c(C(C)C)cccc3C(C)C)c(=O)n(CCCNC(C)=O)c3ncccc23)c1. The van der Waals surface area contributed by atoms with Crippen LogP contribution in [-0.2, 0) is 17.8 Å². The van der Waals surface area contributed by atoms with Crippen molar-refractivity contribution in [2.45, 2.75) is 86.1 Å². The third kappa shape index (κ3) is 8.89. The number of benzene rings is 2. The van der Waals surface area contributed by atoms with E-state index in [1.54, 1.807) is 10.8 Å². The van der Waals surface area contributed by atoms with Gasteiger partial charge in [-0.3, -0.25) is 14.2 Å². The largest absolute Gasteiger partial charge is 0.356 e. The molecule has 48 heavy (non-hydrogen) atoms.